The van der Waals surface area contributed by atoms with Crippen LogP contribution in [-0.4, -0.2) is 40.2 Å². The van der Waals surface area contributed by atoms with Crippen LogP contribution in [0.25, 0.3) is 21.5 Å². The summed E-state index contributed by atoms with van der Waals surface area (Å²) in [7, 11) is 1.67. The molecule has 8 nitrogen and oxygen atoms in total. The van der Waals surface area contributed by atoms with Gasteiger partial charge in [0, 0.05) is 35.1 Å². The lowest BCUT2D eigenvalue weighted by Crippen LogP contribution is -2.28. The van der Waals surface area contributed by atoms with Crippen LogP contribution in [0.5, 0.6) is 11.5 Å². The van der Waals surface area contributed by atoms with Gasteiger partial charge in [0.25, 0.3) is 0 Å². The predicted octanol–water partition coefficient (Wildman–Crippen LogP) is 4.88. The third kappa shape index (κ3) is 4.00. The molecule has 0 unspecified atom stereocenters. The average molecular weight is 477 g/mol. The van der Waals surface area contributed by atoms with E-state index in [9.17, 15) is 0 Å². The van der Waals surface area contributed by atoms with Crippen LogP contribution in [0, 0.1) is 13.8 Å². The zero-order valence-electron chi connectivity index (χ0n) is 20.0. The number of fused-ring (bicyclic) bond motifs is 2. The fourth-order valence-corrected chi connectivity index (χ4v) is 5.32. The molecule has 0 saturated heterocycles. The number of nitrogens with zero attached hydrogens (tertiary/aromatic N) is 5. The third-order valence-electron chi connectivity index (χ3n) is 6.02. The molecule has 9 heteroatoms. The first-order valence-electron chi connectivity index (χ1n) is 11.3. The van der Waals surface area contributed by atoms with E-state index in [1.807, 2.05) is 26.1 Å². The van der Waals surface area contributed by atoms with Gasteiger partial charge in [0.15, 0.2) is 11.5 Å². The van der Waals surface area contributed by atoms with Crippen molar-refractivity contribution in [2.24, 2.45) is 0 Å². The largest absolute Gasteiger partial charge is 0.493 e. The van der Waals surface area contributed by atoms with Crippen molar-refractivity contribution < 1.29 is 9.47 Å². The molecule has 176 valence electrons. The quantitative estimate of drug-likeness (QED) is 0.445. The molecule has 0 saturated carbocycles. The zero-order chi connectivity index (χ0) is 24.0. The molecule has 0 spiro atoms. The summed E-state index contributed by atoms with van der Waals surface area (Å²) in [6.45, 7) is 10.1. The molecule has 4 aromatic rings. The highest BCUT2D eigenvalue weighted by molar-refractivity contribution is 7.18. The Morgan fingerprint density at radius 1 is 1.12 bits per heavy atom. The minimum atomic E-state index is 0.263. The van der Waals surface area contributed by atoms with Crippen LogP contribution in [0.4, 0.5) is 11.8 Å². The van der Waals surface area contributed by atoms with Gasteiger partial charge in [0.1, 0.15) is 22.8 Å². The Bertz CT molecular complexity index is 1380. The number of ether oxygens (including phenoxy) is 2. The van der Waals surface area contributed by atoms with Gasteiger partial charge in [0.05, 0.1) is 18.7 Å². The second-order valence-electron chi connectivity index (χ2n) is 8.78. The Hall–Kier alpha value is -3.46. The topological polar surface area (TPSA) is 99.3 Å². The van der Waals surface area contributed by atoms with Gasteiger partial charge in [-0.2, -0.15) is 4.98 Å². The highest BCUT2D eigenvalue weighted by atomic mass is 32.1. The molecule has 2 N–H and O–H groups in total. The maximum Gasteiger partial charge on any atom is 0.222 e. The summed E-state index contributed by atoms with van der Waals surface area (Å²) >= 11 is 1.60. The SMILES string of the molecule is COc1cc(-c2cnc3sc(C)nc3c2)cc2c1OCCN(c1nc(N)nc(C)c1C(C)C)C2. The van der Waals surface area contributed by atoms with Crippen LogP contribution in [0.1, 0.15) is 41.6 Å². The van der Waals surface area contributed by atoms with Crippen molar-refractivity contribution in [3.63, 3.8) is 0 Å². The molecule has 4 heterocycles. The van der Waals surface area contributed by atoms with Gasteiger partial charge in [0.2, 0.25) is 5.95 Å². The van der Waals surface area contributed by atoms with Crippen LogP contribution < -0.4 is 20.1 Å². The fourth-order valence-electron chi connectivity index (χ4n) is 4.58. The number of hydrogen-bond acceptors (Lipinski definition) is 9. The summed E-state index contributed by atoms with van der Waals surface area (Å²) in [4.78, 5) is 21.4. The lowest BCUT2D eigenvalue weighted by atomic mass is 10.0. The molecule has 3 aromatic heterocycles. The van der Waals surface area contributed by atoms with Crippen molar-refractivity contribution in [3.05, 3.63) is 46.2 Å². The van der Waals surface area contributed by atoms with E-state index in [0.717, 1.165) is 54.9 Å². The van der Waals surface area contributed by atoms with Crippen molar-refractivity contribution >= 4 is 33.5 Å². The molecule has 1 aliphatic heterocycles. The van der Waals surface area contributed by atoms with Crippen molar-refractivity contribution in [2.45, 2.75) is 40.2 Å². The Kier molecular flexibility index (Phi) is 5.73. The summed E-state index contributed by atoms with van der Waals surface area (Å²) in [5.41, 5.74) is 12.0. The van der Waals surface area contributed by atoms with Gasteiger partial charge in [-0.3, -0.25) is 0 Å². The second-order valence-corrected chi connectivity index (χ2v) is 9.96. The van der Waals surface area contributed by atoms with Crippen LogP contribution in [0.15, 0.2) is 24.4 Å². The zero-order valence-corrected chi connectivity index (χ0v) is 20.9. The highest BCUT2D eigenvalue weighted by Crippen LogP contribution is 2.40. The van der Waals surface area contributed by atoms with Gasteiger partial charge in [-0.1, -0.05) is 25.2 Å². The van der Waals surface area contributed by atoms with Crippen LogP contribution >= 0.6 is 11.3 Å². The highest BCUT2D eigenvalue weighted by Gasteiger charge is 2.25. The molecule has 34 heavy (non-hydrogen) atoms. The molecule has 0 atom stereocenters. The number of anilines is 2. The standard InChI is InChI=1S/C25H28N6O2S/c1-13(2)21-14(3)28-25(26)30-23(21)31-6-7-33-22-18(12-31)8-16(10-20(22)32-5)17-9-19-24(27-11-17)34-15(4)29-19/h8-11,13H,6-7,12H2,1-5H3,(H2,26,28,30). The second kappa shape index (κ2) is 8.72. The number of benzene rings is 1. The maximum absolute atomic E-state index is 6.18. The number of aryl methyl sites for hydroxylation is 2. The van der Waals surface area contributed by atoms with E-state index < -0.39 is 0 Å². The first-order valence-corrected chi connectivity index (χ1v) is 12.1. The molecule has 0 radical (unpaired) electrons. The van der Waals surface area contributed by atoms with Crippen molar-refractivity contribution in [1.82, 2.24) is 19.9 Å². The van der Waals surface area contributed by atoms with E-state index in [0.29, 0.717) is 25.4 Å². The number of thiazole rings is 1. The summed E-state index contributed by atoms with van der Waals surface area (Å²) in [5.74, 6) is 2.87. The van der Waals surface area contributed by atoms with Gasteiger partial charge in [-0.05, 0) is 43.5 Å². The summed E-state index contributed by atoms with van der Waals surface area (Å²) < 4.78 is 11.9. The Morgan fingerprint density at radius 3 is 2.71 bits per heavy atom. The van der Waals surface area contributed by atoms with E-state index in [1.54, 1.807) is 18.4 Å². The van der Waals surface area contributed by atoms with E-state index in [-0.39, 0.29) is 11.9 Å². The van der Waals surface area contributed by atoms with E-state index in [1.165, 1.54) is 0 Å². The third-order valence-corrected chi connectivity index (χ3v) is 6.91. The van der Waals surface area contributed by atoms with Crippen LogP contribution in [0.2, 0.25) is 0 Å². The number of methoxy groups -OCH3 is 1. The monoisotopic (exact) mass is 476 g/mol. The van der Waals surface area contributed by atoms with Crippen molar-refractivity contribution in [3.8, 4) is 22.6 Å². The fraction of sp³-hybridized carbons (Fsp3) is 0.360. The van der Waals surface area contributed by atoms with Gasteiger partial charge < -0.3 is 20.1 Å². The van der Waals surface area contributed by atoms with Gasteiger partial charge in [-0.15, -0.1) is 0 Å². The van der Waals surface area contributed by atoms with Crippen LogP contribution in [-0.2, 0) is 6.54 Å². The van der Waals surface area contributed by atoms with Gasteiger partial charge in [-0.25, -0.2) is 15.0 Å². The maximum atomic E-state index is 6.18. The first kappa shape index (κ1) is 22.3. The molecule has 0 fully saturated rings. The average Bonchev–Trinajstić information content (AvgIpc) is 3.02. The van der Waals surface area contributed by atoms with E-state index in [4.69, 9.17) is 15.2 Å². The lowest BCUT2D eigenvalue weighted by Gasteiger charge is -2.26. The van der Waals surface area contributed by atoms with E-state index >= 15 is 0 Å². The lowest BCUT2D eigenvalue weighted by molar-refractivity contribution is 0.305. The molecule has 1 aliphatic rings. The minimum Gasteiger partial charge on any atom is -0.493 e. The smallest absolute Gasteiger partial charge is 0.222 e. The van der Waals surface area contributed by atoms with Crippen molar-refractivity contribution in [1.29, 1.82) is 0 Å². The Balaban J connectivity index is 1.60. The van der Waals surface area contributed by atoms with E-state index in [2.05, 4.69) is 50.8 Å². The first-order chi connectivity index (χ1) is 16.3. The number of nitrogens with two attached hydrogens (primary N) is 1. The molecule has 1 aromatic carbocycles. The number of rotatable bonds is 4. The van der Waals surface area contributed by atoms with Crippen LogP contribution in [0.3, 0.4) is 0 Å². The number of hydrogen-bond donors (Lipinski definition) is 1. The number of pyridine rings is 1. The molecule has 0 aliphatic carbocycles. The minimum absolute atomic E-state index is 0.263. The van der Waals surface area contributed by atoms with Crippen molar-refractivity contribution in [2.75, 3.05) is 30.9 Å². The summed E-state index contributed by atoms with van der Waals surface area (Å²) in [6.07, 6.45) is 1.89. The Morgan fingerprint density at radius 2 is 1.94 bits per heavy atom. The Labute approximate surface area is 202 Å². The molecular weight excluding hydrogens is 448 g/mol. The molecule has 5 rings (SSSR count). The molecule has 0 amide bonds. The number of nitrogen functional groups attached to an aromatic ring is 1. The summed E-state index contributed by atoms with van der Waals surface area (Å²) in [6, 6.07) is 6.22. The molecular formula is C25H28N6O2S. The van der Waals surface area contributed by atoms with Gasteiger partial charge >= 0.3 is 0 Å². The normalized spacial score (nSPS) is 13.6. The molecule has 0 bridgehead atoms. The number of aromatic nitrogens is 4. The predicted molar refractivity (Wildman–Crippen MR) is 136 cm³/mol. The summed E-state index contributed by atoms with van der Waals surface area (Å²) in [5, 5.41) is 1.00.